The fourth-order valence-corrected chi connectivity index (χ4v) is 1.77. The first kappa shape index (κ1) is 12.5. The molecule has 0 aliphatic rings. The summed E-state index contributed by atoms with van der Waals surface area (Å²) in [5, 5.41) is 9.24. The minimum Gasteiger partial charge on any atom is -0.439 e. The van der Waals surface area contributed by atoms with Crippen LogP contribution in [-0.2, 0) is 6.61 Å². The Morgan fingerprint density at radius 1 is 1.11 bits per heavy atom. The fourth-order valence-electron chi connectivity index (χ4n) is 1.77. The van der Waals surface area contributed by atoms with Crippen LogP contribution in [0.3, 0.4) is 0 Å². The first-order valence-corrected chi connectivity index (χ1v) is 5.78. The van der Waals surface area contributed by atoms with Gasteiger partial charge in [-0.05, 0) is 44.0 Å². The van der Waals surface area contributed by atoms with Gasteiger partial charge in [0.1, 0.15) is 11.6 Å². The third-order valence-electron chi connectivity index (χ3n) is 2.53. The van der Waals surface area contributed by atoms with Gasteiger partial charge in [-0.2, -0.15) is 4.98 Å². The van der Waals surface area contributed by atoms with Crippen LogP contribution in [0.5, 0.6) is 11.6 Å². The van der Waals surface area contributed by atoms with E-state index in [0.29, 0.717) is 17.3 Å². The maximum absolute atomic E-state index is 9.24. The second kappa shape index (κ2) is 5.14. The molecule has 94 valence electrons. The average Bonchev–Trinajstić information content (AvgIpc) is 2.27. The van der Waals surface area contributed by atoms with Crippen LogP contribution in [0.15, 0.2) is 24.4 Å². The molecular weight excluding hydrogens is 228 g/mol. The number of benzene rings is 1. The Balaban J connectivity index is 2.35. The van der Waals surface area contributed by atoms with E-state index in [1.807, 2.05) is 26.0 Å². The highest BCUT2D eigenvalue weighted by Crippen LogP contribution is 2.25. The SMILES string of the molecule is Cc1cc(C)cc(Oc2nc(C)ncc2CO)c1. The van der Waals surface area contributed by atoms with Gasteiger partial charge in [0.15, 0.2) is 0 Å². The van der Waals surface area contributed by atoms with Gasteiger partial charge in [-0.3, -0.25) is 0 Å². The third kappa shape index (κ3) is 2.84. The van der Waals surface area contributed by atoms with E-state index >= 15 is 0 Å². The zero-order valence-corrected chi connectivity index (χ0v) is 10.8. The molecule has 1 heterocycles. The van der Waals surface area contributed by atoms with Crippen molar-refractivity contribution < 1.29 is 9.84 Å². The van der Waals surface area contributed by atoms with E-state index in [2.05, 4.69) is 16.0 Å². The van der Waals surface area contributed by atoms with Gasteiger partial charge in [0.05, 0.1) is 12.2 Å². The number of aliphatic hydroxyl groups excluding tert-OH is 1. The van der Waals surface area contributed by atoms with Crippen LogP contribution in [0.25, 0.3) is 0 Å². The largest absolute Gasteiger partial charge is 0.439 e. The number of aromatic nitrogens is 2. The Hall–Kier alpha value is -1.94. The first-order valence-electron chi connectivity index (χ1n) is 5.78. The predicted octanol–water partition coefficient (Wildman–Crippen LogP) is 2.69. The molecule has 1 N–H and O–H groups in total. The molecule has 0 spiro atoms. The van der Waals surface area contributed by atoms with Crippen LogP contribution < -0.4 is 4.74 Å². The maximum Gasteiger partial charge on any atom is 0.228 e. The van der Waals surface area contributed by atoms with Gasteiger partial charge in [-0.1, -0.05) is 6.07 Å². The molecule has 0 atom stereocenters. The van der Waals surface area contributed by atoms with Crippen molar-refractivity contribution in [3.63, 3.8) is 0 Å². The van der Waals surface area contributed by atoms with Gasteiger partial charge in [0.25, 0.3) is 0 Å². The zero-order chi connectivity index (χ0) is 13.1. The molecule has 4 nitrogen and oxygen atoms in total. The van der Waals surface area contributed by atoms with Crippen molar-refractivity contribution in [2.75, 3.05) is 0 Å². The van der Waals surface area contributed by atoms with Crippen LogP contribution in [0.2, 0.25) is 0 Å². The summed E-state index contributed by atoms with van der Waals surface area (Å²) in [4.78, 5) is 8.24. The average molecular weight is 244 g/mol. The number of hydrogen-bond donors (Lipinski definition) is 1. The Kier molecular flexibility index (Phi) is 3.58. The van der Waals surface area contributed by atoms with Gasteiger partial charge in [0, 0.05) is 6.20 Å². The summed E-state index contributed by atoms with van der Waals surface area (Å²) in [6.45, 7) is 5.67. The number of rotatable bonds is 3. The molecule has 0 aliphatic heterocycles. The van der Waals surface area contributed by atoms with E-state index in [9.17, 15) is 5.11 Å². The van der Waals surface area contributed by atoms with Crippen molar-refractivity contribution in [1.82, 2.24) is 9.97 Å². The van der Waals surface area contributed by atoms with Crippen LogP contribution in [0.1, 0.15) is 22.5 Å². The Morgan fingerprint density at radius 3 is 2.39 bits per heavy atom. The van der Waals surface area contributed by atoms with Crippen molar-refractivity contribution in [3.8, 4) is 11.6 Å². The summed E-state index contributed by atoms with van der Waals surface area (Å²) in [5.41, 5.74) is 2.84. The number of nitrogens with zero attached hydrogens (tertiary/aromatic N) is 2. The minimum absolute atomic E-state index is 0.138. The molecule has 0 saturated carbocycles. The van der Waals surface area contributed by atoms with Gasteiger partial charge >= 0.3 is 0 Å². The topological polar surface area (TPSA) is 55.2 Å². The lowest BCUT2D eigenvalue weighted by molar-refractivity contribution is 0.274. The van der Waals surface area contributed by atoms with Crippen LogP contribution in [-0.4, -0.2) is 15.1 Å². The molecule has 0 aliphatic carbocycles. The second-order valence-electron chi connectivity index (χ2n) is 4.33. The summed E-state index contributed by atoms with van der Waals surface area (Å²) >= 11 is 0. The number of hydrogen-bond acceptors (Lipinski definition) is 4. The van der Waals surface area contributed by atoms with Crippen molar-refractivity contribution in [2.45, 2.75) is 27.4 Å². The highest BCUT2D eigenvalue weighted by atomic mass is 16.5. The maximum atomic E-state index is 9.24. The van der Waals surface area contributed by atoms with Gasteiger partial charge in [-0.15, -0.1) is 0 Å². The van der Waals surface area contributed by atoms with Crippen molar-refractivity contribution in [3.05, 3.63) is 46.9 Å². The molecule has 4 heteroatoms. The molecule has 0 unspecified atom stereocenters. The van der Waals surface area contributed by atoms with E-state index in [0.717, 1.165) is 16.9 Å². The van der Waals surface area contributed by atoms with Crippen molar-refractivity contribution >= 4 is 0 Å². The minimum atomic E-state index is -0.138. The number of ether oxygens (including phenoxy) is 1. The van der Waals surface area contributed by atoms with Crippen LogP contribution in [0, 0.1) is 20.8 Å². The van der Waals surface area contributed by atoms with E-state index in [1.165, 1.54) is 0 Å². The normalized spacial score (nSPS) is 10.4. The quantitative estimate of drug-likeness (QED) is 0.901. The molecular formula is C14H16N2O2. The highest BCUT2D eigenvalue weighted by molar-refractivity contribution is 5.36. The van der Waals surface area contributed by atoms with Crippen LogP contribution in [0.4, 0.5) is 0 Å². The van der Waals surface area contributed by atoms with E-state index in [1.54, 1.807) is 13.1 Å². The lowest BCUT2D eigenvalue weighted by Gasteiger charge is -2.10. The zero-order valence-electron chi connectivity index (χ0n) is 10.8. The standard InChI is InChI=1S/C14H16N2O2/c1-9-4-10(2)6-13(5-9)18-14-12(8-17)7-15-11(3)16-14/h4-7,17H,8H2,1-3H3. The summed E-state index contributed by atoms with van der Waals surface area (Å²) in [6.07, 6.45) is 1.58. The molecule has 2 aromatic rings. The second-order valence-corrected chi connectivity index (χ2v) is 4.33. The molecule has 0 saturated heterocycles. The lowest BCUT2D eigenvalue weighted by Crippen LogP contribution is -1.99. The Morgan fingerprint density at radius 2 is 1.78 bits per heavy atom. The summed E-state index contributed by atoms with van der Waals surface area (Å²) in [6, 6.07) is 5.95. The van der Waals surface area contributed by atoms with E-state index < -0.39 is 0 Å². The Bertz CT molecular complexity index is 547. The smallest absolute Gasteiger partial charge is 0.228 e. The van der Waals surface area contributed by atoms with E-state index in [4.69, 9.17) is 4.74 Å². The molecule has 0 amide bonds. The van der Waals surface area contributed by atoms with Gasteiger partial charge < -0.3 is 9.84 Å². The van der Waals surface area contributed by atoms with Gasteiger partial charge in [-0.25, -0.2) is 4.98 Å². The summed E-state index contributed by atoms with van der Waals surface area (Å²) in [7, 11) is 0. The molecule has 18 heavy (non-hydrogen) atoms. The first-order chi connectivity index (χ1) is 8.58. The third-order valence-corrected chi connectivity index (χ3v) is 2.53. The summed E-state index contributed by atoms with van der Waals surface area (Å²) < 4.78 is 5.73. The molecule has 0 bridgehead atoms. The molecule has 0 fully saturated rings. The number of aliphatic hydroxyl groups is 1. The molecule has 1 aromatic carbocycles. The molecule has 2 rings (SSSR count). The van der Waals surface area contributed by atoms with Crippen molar-refractivity contribution in [2.24, 2.45) is 0 Å². The lowest BCUT2D eigenvalue weighted by atomic mass is 10.1. The number of aryl methyl sites for hydroxylation is 3. The Labute approximate surface area is 106 Å². The molecule has 1 aromatic heterocycles. The van der Waals surface area contributed by atoms with E-state index in [-0.39, 0.29) is 6.61 Å². The van der Waals surface area contributed by atoms with Crippen LogP contribution >= 0.6 is 0 Å². The monoisotopic (exact) mass is 244 g/mol. The predicted molar refractivity (Wildman–Crippen MR) is 68.7 cm³/mol. The van der Waals surface area contributed by atoms with Gasteiger partial charge in [0.2, 0.25) is 5.88 Å². The highest BCUT2D eigenvalue weighted by Gasteiger charge is 2.08. The summed E-state index contributed by atoms with van der Waals surface area (Å²) in [5.74, 6) is 1.75. The van der Waals surface area contributed by atoms with Crippen molar-refractivity contribution in [1.29, 1.82) is 0 Å². The molecule has 0 radical (unpaired) electrons. The fraction of sp³-hybridized carbons (Fsp3) is 0.286.